The maximum absolute atomic E-state index is 12.8. The van der Waals surface area contributed by atoms with E-state index >= 15 is 0 Å². The van der Waals surface area contributed by atoms with E-state index in [4.69, 9.17) is 5.73 Å². The SMILES string of the molecule is Cc1ccc(C)c(NC(=O)CCC(=NNC(=O)C(N)=O)C(C)C(=O)c2ccccc2)c1. The summed E-state index contributed by atoms with van der Waals surface area (Å²) in [5.41, 5.74) is 10.4. The third-order valence-corrected chi connectivity index (χ3v) is 4.75. The lowest BCUT2D eigenvalue weighted by molar-refractivity contribution is -0.137. The van der Waals surface area contributed by atoms with Gasteiger partial charge in [-0.3, -0.25) is 19.2 Å². The molecule has 1 unspecified atom stereocenters. The number of aryl methyl sites for hydroxylation is 2. The minimum Gasteiger partial charge on any atom is -0.361 e. The first kappa shape index (κ1) is 23.5. The number of carbonyl (C=O) groups is 4. The monoisotopic (exact) mass is 422 g/mol. The molecule has 0 aromatic heterocycles. The summed E-state index contributed by atoms with van der Waals surface area (Å²) < 4.78 is 0. The van der Waals surface area contributed by atoms with Gasteiger partial charge in [0.25, 0.3) is 0 Å². The molecule has 0 saturated heterocycles. The number of primary amides is 1. The van der Waals surface area contributed by atoms with Crippen LogP contribution in [0.15, 0.2) is 53.6 Å². The maximum Gasteiger partial charge on any atom is 0.329 e. The average Bonchev–Trinajstić information content (AvgIpc) is 2.75. The molecule has 31 heavy (non-hydrogen) atoms. The summed E-state index contributed by atoms with van der Waals surface area (Å²) in [6, 6.07) is 14.4. The first-order valence-electron chi connectivity index (χ1n) is 9.81. The molecule has 0 aliphatic carbocycles. The number of ketones is 1. The van der Waals surface area contributed by atoms with Crippen LogP contribution in [0.1, 0.15) is 41.3 Å². The van der Waals surface area contributed by atoms with Crippen LogP contribution in [0.25, 0.3) is 0 Å². The van der Waals surface area contributed by atoms with Crippen LogP contribution in [-0.4, -0.2) is 29.2 Å². The van der Waals surface area contributed by atoms with E-state index in [0.717, 1.165) is 11.1 Å². The summed E-state index contributed by atoms with van der Waals surface area (Å²) in [5.74, 6) is -3.50. The van der Waals surface area contributed by atoms with Crippen LogP contribution in [0.2, 0.25) is 0 Å². The fourth-order valence-corrected chi connectivity index (χ4v) is 2.88. The highest BCUT2D eigenvalue weighted by molar-refractivity contribution is 6.34. The fourth-order valence-electron chi connectivity index (χ4n) is 2.88. The summed E-state index contributed by atoms with van der Waals surface area (Å²) in [5, 5.41) is 6.77. The van der Waals surface area contributed by atoms with Gasteiger partial charge >= 0.3 is 11.8 Å². The Bertz CT molecular complexity index is 1020. The molecule has 3 amide bonds. The second-order valence-electron chi connectivity index (χ2n) is 7.23. The van der Waals surface area contributed by atoms with Gasteiger partial charge in [0.1, 0.15) is 0 Å². The number of amides is 3. The number of anilines is 1. The molecule has 0 spiro atoms. The standard InChI is InChI=1S/C23H26N4O4/c1-14-9-10-15(2)19(13-14)25-20(28)12-11-18(26-27-23(31)22(24)30)16(3)21(29)17-7-5-4-6-8-17/h4-10,13,16H,11-12H2,1-3H3,(H2,24,30)(H,25,28)(H,27,31). The smallest absolute Gasteiger partial charge is 0.329 e. The van der Waals surface area contributed by atoms with Gasteiger partial charge in [-0.1, -0.05) is 42.5 Å². The maximum atomic E-state index is 12.8. The van der Waals surface area contributed by atoms with Crippen molar-refractivity contribution in [3.8, 4) is 0 Å². The first-order chi connectivity index (χ1) is 14.7. The van der Waals surface area contributed by atoms with Crippen molar-refractivity contribution >= 4 is 34.9 Å². The molecule has 0 aliphatic rings. The van der Waals surface area contributed by atoms with E-state index in [1.54, 1.807) is 37.3 Å². The lowest BCUT2D eigenvalue weighted by Gasteiger charge is -2.15. The van der Waals surface area contributed by atoms with Crippen molar-refractivity contribution in [3.05, 3.63) is 65.2 Å². The number of Topliss-reactive ketones (excluding diaryl/α,β-unsaturated/α-hetero) is 1. The molecule has 0 bridgehead atoms. The summed E-state index contributed by atoms with van der Waals surface area (Å²) in [6.07, 6.45) is 0.139. The predicted molar refractivity (Wildman–Crippen MR) is 118 cm³/mol. The van der Waals surface area contributed by atoms with Crippen LogP contribution < -0.4 is 16.5 Å². The number of hydrogen-bond acceptors (Lipinski definition) is 5. The van der Waals surface area contributed by atoms with Gasteiger partial charge in [0, 0.05) is 23.4 Å². The van der Waals surface area contributed by atoms with Crippen LogP contribution in [0, 0.1) is 19.8 Å². The molecule has 0 aliphatic heterocycles. The molecule has 162 valence electrons. The normalized spacial score (nSPS) is 12.0. The number of rotatable bonds is 8. The molecule has 0 heterocycles. The van der Waals surface area contributed by atoms with Crippen molar-refractivity contribution in [3.63, 3.8) is 0 Å². The van der Waals surface area contributed by atoms with E-state index < -0.39 is 17.7 Å². The summed E-state index contributed by atoms with van der Waals surface area (Å²) >= 11 is 0. The van der Waals surface area contributed by atoms with E-state index in [-0.39, 0.29) is 30.2 Å². The highest BCUT2D eigenvalue weighted by Gasteiger charge is 2.22. The zero-order valence-corrected chi connectivity index (χ0v) is 17.8. The van der Waals surface area contributed by atoms with Gasteiger partial charge in [-0.15, -0.1) is 0 Å². The number of benzene rings is 2. The van der Waals surface area contributed by atoms with E-state index in [1.165, 1.54) is 0 Å². The van der Waals surface area contributed by atoms with Gasteiger partial charge < -0.3 is 11.1 Å². The zero-order chi connectivity index (χ0) is 23.0. The number of nitrogens with two attached hydrogens (primary N) is 1. The Hall–Kier alpha value is -3.81. The lowest BCUT2D eigenvalue weighted by Crippen LogP contribution is -2.35. The minimum absolute atomic E-state index is 0.0328. The molecule has 8 nitrogen and oxygen atoms in total. The molecule has 2 aromatic carbocycles. The van der Waals surface area contributed by atoms with Crippen LogP contribution in [-0.2, 0) is 14.4 Å². The van der Waals surface area contributed by atoms with Gasteiger partial charge in [0.2, 0.25) is 5.91 Å². The van der Waals surface area contributed by atoms with Crippen LogP contribution in [0.4, 0.5) is 5.69 Å². The summed E-state index contributed by atoms with van der Waals surface area (Å²) in [7, 11) is 0. The molecule has 2 aromatic rings. The quantitative estimate of drug-likeness (QED) is 0.261. The van der Waals surface area contributed by atoms with E-state index in [9.17, 15) is 19.2 Å². The molecule has 0 radical (unpaired) electrons. The van der Waals surface area contributed by atoms with Crippen LogP contribution in [0.3, 0.4) is 0 Å². The molecule has 0 saturated carbocycles. The number of hydrazone groups is 1. The number of nitrogens with one attached hydrogen (secondary N) is 2. The number of hydrogen-bond donors (Lipinski definition) is 3. The third-order valence-electron chi connectivity index (χ3n) is 4.75. The van der Waals surface area contributed by atoms with Crippen LogP contribution in [0.5, 0.6) is 0 Å². The largest absolute Gasteiger partial charge is 0.361 e. The Balaban J connectivity index is 2.14. The number of carbonyl (C=O) groups excluding carboxylic acids is 4. The van der Waals surface area contributed by atoms with E-state index in [2.05, 4.69) is 15.8 Å². The van der Waals surface area contributed by atoms with Gasteiger partial charge in [0.15, 0.2) is 5.78 Å². The second-order valence-corrected chi connectivity index (χ2v) is 7.23. The first-order valence-corrected chi connectivity index (χ1v) is 9.81. The van der Waals surface area contributed by atoms with Gasteiger partial charge in [-0.05, 0) is 44.4 Å². The number of nitrogens with zero attached hydrogens (tertiary/aromatic N) is 1. The fraction of sp³-hybridized carbons (Fsp3) is 0.261. The van der Waals surface area contributed by atoms with Crippen molar-refractivity contribution < 1.29 is 19.2 Å². The Morgan fingerprint density at radius 2 is 1.68 bits per heavy atom. The van der Waals surface area contributed by atoms with Crippen molar-refractivity contribution in [1.29, 1.82) is 0 Å². The van der Waals surface area contributed by atoms with E-state index in [0.29, 0.717) is 11.3 Å². The van der Waals surface area contributed by atoms with Crippen molar-refractivity contribution in [1.82, 2.24) is 5.43 Å². The van der Waals surface area contributed by atoms with Gasteiger partial charge in [-0.25, -0.2) is 5.43 Å². The Morgan fingerprint density at radius 1 is 1.00 bits per heavy atom. The lowest BCUT2D eigenvalue weighted by atomic mass is 9.92. The summed E-state index contributed by atoms with van der Waals surface area (Å²) in [4.78, 5) is 47.8. The Morgan fingerprint density at radius 3 is 2.32 bits per heavy atom. The molecule has 8 heteroatoms. The van der Waals surface area contributed by atoms with Crippen molar-refractivity contribution in [2.75, 3.05) is 5.32 Å². The van der Waals surface area contributed by atoms with Gasteiger partial charge in [0.05, 0.1) is 5.92 Å². The van der Waals surface area contributed by atoms with Gasteiger partial charge in [-0.2, -0.15) is 5.10 Å². The minimum atomic E-state index is -1.20. The average molecular weight is 422 g/mol. The zero-order valence-electron chi connectivity index (χ0n) is 17.8. The predicted octanol–water partition coefficient (Wildman–Crippen LogP) is 2.50. The Kier molecular flexibility index (Phi) is 8.19. The van der Waals surface area contributed by atoms with Crippen LogP contribution >= 0.6 is 0 Å². The highest BCUT2D eigenvalue weighted by atomic mass is 16.2. The molecular formula is C23H26N4O4. The van der Waals surface area contributed by atoms with Crippen molar-refractivity contribution in [2.24, 2.45) is 16.8 Å². The highest BCUT2D eigenvalue weighted by Crippen LogP contribution is 2.18. The van der Waals surface area contributed by atoms with Crippen molar-refractivity contribution in [2.45, 2.75) is 33.6 Å². The third kappa shape index (κ3) is 6.88. The molecule has 2 rings (SSSR count). The van der Waals surface area contributed by atoms with E-state index in [1.807, 2.05) is 32.0 Å². The topological polar surface area (TPSA) is 131 Å². The summed E-state index contributed by atoms with van der Waals surface area (Å²) in [6.45, 7) is 5.45. The molecule has 1 atom stereocenters. The second kappa shape index (κ2) is 10.8. The Labute approximate surface area is 180 Å². The molecule has 4 N–H and O–H groups in total. The molecular weight excluding hydrogens is 396 g/mol. The molecule has 0 fully saturated rings.